The summed E-state index contributed by atoms with van der Waals surface area (Å²) in [6.07, 6.45) is 2.51. The number of thiol groups is 1. The third kappa shape index (κ3) is 6.47. The molecule has 1 atom stereocenters. The van der Waals surface area contributed by atoms with Crippen molar-refractivity contribution in [2.24, 2.45) is 17.3 Å². The van der Waals surface area contributed by atoms with E-state index in [1.54, 1.807) is 0 Å². The van der Waals surface area contributed by atoms with Gasteiger partial charge in [0.1, 0.15) is 0 Å². The van der Waals surface area contributed by atoms with E-state index in [-0.39, 0.29) is 0 Å². The van der Waals surface area contributed by atoms with Crippen molar-refractivity contribution in [2.75, 3.05) is 18.8 Å². The quantitative estimate of drug-likeness (QED) is 0.626. The van der Waals surface area contributed by atoms with E-state index in [0.29, 0.717) is 11.3 Å². The number of hydrogen-bond donors (Lipinski definition) is 1. The normalized spacial score (nSPS) is 14.8. The maximum Gasteiger partial charge on any atom is 0.00902 e. The van der Waals surface area contributed by atoms with Crippen LogP contribution in [0.2, 0.25) is 0 Å². The maximum atomic E-state index is 4.57. The van der Waals surface area contributed by atoms with Crippen LogP contribution in [0.15, 0.2) is 0 Å². The summed E-state index contributed by atoms with van der Waals surface area (Å²) in [5.74, 6) is 2.39. The van der Waals surface area contributed by atoms with Gasteiger partial charge in [-0.05, 0) is 35.8 Å². The highest BCUT2D eigenvalue weighted by Crippen LogP contribution is 2.29. The summed E-state index contributed by atoms with van der Waals surface area (Å²) in [5.41, 5.74) is 0.350. The van der Waals surface area contributed by atoms with Crippen molar-refractivity contribution in [1.82, 2.24) is 4.90 Å². The van der Waals surface area contributed by atoms with Gasteiger partial charge in [-0.1, -0.05) is 48.5 Å². The van der Waals surface area contributed by atoms with Crippen molar-refractivity contribution in [1.29, 1.82) is 0 Å². The van der Waals surface area contributed by atoms with Crippen LogP contribution in [0.1, 0.15) is 61.3 Å². The Balaban J connectivity index is 4.75. The van der Waals surface area contributed by atoms with Crippen LogP contribution in [-0.4, -0.2) is 29.8 Å². The van der Waals surface area contributed by atoms with E-state index in [4.69, 9.17) is 0 Å². The first-order valence-electron chi connectivity index (χ1n) is 7.61. The lowest BCUT2D eigenvalue weighted by Crippen LogP contribution is -2.43. The lowest BCUT2D eigenvalue weighted by Gasteiger charge is -2.39. The Morgan fingerprint density at radius 2 is 1.50 bits per heavy atom. The molecule has 0 aliphatic carbocycles. The highest BCUT2D eigenvalue weighted by molar-refractivity contribution is 7.80. The van der Waals surface area contributed by atoms with Crippen molar-refractivity contribution in [3.05, 3.63) is 0 Å². The molecule has 0 fully saturated rings. The molecule has 2 heteroatoms. The summed E-state index contributed by atoms with van der Waals surface area (Å²) in [6.45, 7) is 18.7. The van der Waals surface area contributed by atoms with Gasteiger partial charge in [-0.25, -0.2) is 0 Å². The van der Waals surface area contributed by atoms with Gasteiger partial charge in [-0.3, -0.25) is 4.90 Å². The smallest absolute Gasteiger partial charge is 0.00902 e. The van der Waals surface area contributed by atoms with E-state index < -0.39 is 0 Å². The fourth-order valence-corrected chi connectivity index (χ4v) is 3.20. The lowest BCUT2D eigenvalue weighted by molar-refractivity contribution is 0.107. The molecule has 0 rings (SSSR count). The number of rotatable bonds is 8. The summed E-state index contributed by atoms with van der Waals surface area (Å²) < 4.78 is 0. The molecule has 0 bridgehead atoms. The Morgan fingerprint density at radius 1 is 1.00 bits per heavy atom. The van der Waals surface area contributed by atoms with Crippen LogP contribution < -0.4 is 0 Å². The molecule has 0 aromatic carbocycles. The number of nitrogens with zero attached hydrogens (tertiary/aromatic N) is 1. The van der Waals surface area contributed by atoms with Crippen molar-refractivity contribution in [2.45, 2.75) is 67.3 Å². The summed E-state index contributed by atoms with van der Waals surface area (Å²) in [4.78, 5) is 2.71. The van der Waals surface area contributed by atoms with Crippen LogP contribution in [0.5, 0.6) is 0 Å². The maximum absolute atomic E-state index is 4.57. The standard InChI is InChI=1S/C16H35NS/c1-8-15(9-2)17(10-13(3)4)11-14(12-18)16(5,6)7/h13-15,18H,8-12H2,1-7H3. The average molecular weight is 274 g/mol. The molecular formula is C16H35NS. The van der Waals surface area contributed by atoms with Gasteiger partial charge in [-0.2, -0.15) is 12.6 Å². The van der Waals surface area contributed by atoms with Crippen LogP contribution in [0.3, 0.4) is 0 Å². The zero-order chi connectivity index (χ0) is 14.3. The molecule has 110 valence electrons. The first-order chi connectivity index (χ1) is 8.26. The Hall–Kier alpha value is 0.310. The predicted molar refractivity (Wildman–Crippen MR) is 87.6 cm³/mol. The van der Waals surface area contributed by atoms with Crippen LogP contribution in [0.4, 0.5) is 0 Å². The highest BCUT2D eigenvalue weighted by atomic mass is 32.1. The summed E-state index contributed by atoms with van der Waals surface area (Å²) >= 11 is 4.57. The van der Waals surface area contributed by atoms with Gasteiger partial charge in [0.15, 0.2) is 0 Å². The molecule has 1 nitrogen and oxygen atoms in total. The van der Waals surface area contributed by atoms with Gasteiger partial charge in [0, 0.05) is 19.1 Å². The van der Waals surface area contributed by atoms with Gasteiger partial charge >= 0.3 is 0 Å². The first-order valence-corrected chi connectivity index (χ1v) is 8.24. The fourth-order valence-electron chi connectivity index (χ4n) is 2.54. The first kappa shape index (κ1) is 18.3. The van der Waals surface area contributed by atoms with E-state index >= 15 is 0 Å². The zero-order valence-corrected chi connectivity index (χ0v) is 14.6. The fraction of sp³-hybridized carbons (Fsp3) is 1.00. The van der Waals surface area contributed by atoms with Crippen LogP contribution in [-0.2, 0) is 0 Å². The summed E-state index contributed by atoms with van der Waals surface area (Å²) in [6, 6.07) is 0.733. The van der Waals surface area contributed by atoms with Crippen LogP contribution in [0, 0.1) is 17.3 Å². The van der Waals surface area contributed by atoms with Crippen LogP contribution in [0.25, 0.3) is 0 Å². The summed E-state index contributed by atoms with van der Waals surface area (Å²) in [5, 5.41) is 0. The minimum absolute atomic E-state index is 0.350. The molecule has 0 spiro atoms. The third-order valence-corrected chi connectivity index (χ3v) is 4.40. The van der Waals surface area contributed by atoms with E-state index in [9.17, 15) is 0 Å². The molecule has 18 heavy (non-hydrogen) atoms. The number of hydrogen-bond acceptors (Lipinski definition) is 2. The Kier molecular flexibility index (Phi) is 8.62. The SMILES string of the molecule is CCC(CC)N(CC(C)C)CC(CS)C(C)(C)C. The van der Waals surface area contributed by atoms with Crippen molar-refractivity contribution >= 4 is 12.6 Å². The lowest BCUT2D eigenvalue weighted by atomic mass is 9.81. The second-order valence-electron chi connectivity index (χ2n) is 7.06. The molecule has 0 aromatic heterocycles. The van der Waals surface area contributed by atoms with Crippen molar-refractivity contribution < 1.29 is 0 Å². The molecule has 0 radical (unpaired) electrons. The van der Waals surface area contributed by atoms with E-state index in [0.717, 1.165) is 17.7 Å². The molecule has 0 aliphatic heterocycles. The Bertz CT molecular complexity index is 204. The molecule has 0 aliphatic rings. The average Bonchev–Trinajstić information content (AvgIpc) is 2.24. The molecule has 0 N–H and O–H groups in total. The molecule has 0 amide bonds. The van der Waals surface area contributed by atoms with Gasteiger partial charge in [0.25, 0.3) is 0 Å². The molecule has 1 unspecified atom stereocenters. The molecule has 0 saturated heterocycles. The molecular weight excluding hydrogens is 238 g/mol. The van der Waals surface area contributed by atoms with Gasteiger partial charge in [-0.15, -0.1) is 0 Å². The zero-order valence-electron chi connectivity index (χ0n) is 13.7. The molecule has 0 saturated carbocycles. The topological polar surface area (TPSA) is 3.24 Å². The summed E-state index contributed by atoms with van der Waals surface area (Å²) in [7, 11) is 0. The third-order valence-electron chi connectivity index (χ3n) is 3.96. The minimum Gasteiger partial charge on any atom is -0.300 e. The van der Waals surface area contributed by atoms with Gasteiger partial charge in [0.05, 0.1) is 0 Å². The van der Waals surface area contributed by atoms with E-state index in [1.807, 2.05) is 0 Å². The second kappa shape index (κ2) is 8.47. The highest BCUT2D eigenvalue weighted by Gasteiger charge is 2.27. The van der Waals surface area contributed by atoms with E-state index in [1.165, 1.54) is 25.9 Å². The minimum atomic E-state index is 0.350. The molecule has 0 aromatic rings. The Morgan fingerprint density at radius 3 is 1.78 bits per heavy atom. The monoisotopic (exact) mass is 273 g/mol. The predicted octanol–water partition coefficient (Wildman–Crippen LogP) is 4.73. The largest absolute Gasteiger partial charge is 0.300 e. The van der Waals surface area contributed by atoms with Crippen molar-refractivity contribution in [3.8, 4) is 0 Å². The second-order valence-corrected chi connectivity index (χ2v) is 7.43. The van der Waals surface area contributed by atoms with Gasteiger partial charge < -0.3 is 0 Å². The Labute approximate surface area is 121 Å². The van der Waals surface area contributed by atoms with E-state index in [2.05, 4.69) is 66.0 Å². The van der Waals surface area contributed by atoms with Crippen LogP contribution >= 0.6 is 12.6 Å². The van der Waals surface area contributed by atoms with Crippen molar-refractivity contribution in [3.63, 3.8) is 0 Å². The molecule has 0 heterocycles. The van der Waals surface area contributed by atoms with Gasteiger partial charge in [0.2, 0.25) is 0 Å².